The van der Waals surface area contributed by atoms with Crippen LogP contribution < -0.4 is 4.74 Å². The molecule has 7 heteroatoms. The van der Waals surface area contributed by atoms with E-state index in [2.05, 4.69) is 4.90 Å². The third-order valence-electron chi connectivity index (χ3n) is 5.95. The number of rotatable bonds is 12. The molecule has 3 aromatic rings. The van der Waals surface area contributed by atoms with Gasteiger partial charge in [-0.05, 0) is 51.0 Å². The fourth-order valence-corrected chi connectivity index (χ4v) is 4.28. The zero-order chi connectivity index (χ0) is 23.8. The lowest BCUT2D eigenvalue weighted by Gasteiger charge is -2.27. The lowest BCUT2D eigenvalue weighted by Crippen LogP contribution is -2.39. The highest BCUT2D eigenvalue weighted by molar-refractivity contribution is 5.43. The molecule has 1 aliphatic rings. The Morgan fingerprint density at radius 2 is 1.88 bits per heavy atom. The summed E-state index contributed by atoms with van der Waals surface area (Å²) in [5.41, 5.74) is 2.82. The Hall–Kier alpha value is -2.71. The van der Waals surface area contributed by atoms with E-state index in [1.807, 2.05) is 79.2 Å². The number of aliphatic hydroxyl groups is 1. The SMILES string of the molecule is CCOCC(O)CN(Cc1c(C)nn(-c2ccccc2)c1Oc1ccccc1)CC1CCCO1. The maximum atomic E-state index is 10.6. The van der Waals surface area contributed by atoms with Gasteiger partial charge >= 0.3 is 0 Å². The molecule has 0 aliphatic carbocycles. The first-order chi connectivity index (χ1) is 16.6. The van der Waals surface area contributed by atoms with Crippen molar-refractivity contribution in [2.45, 2.75) is 45.4 Å². The Morgan fingerprint density at radius 3 is 2.56 bits per heavy atom. The van der Waals surface area contributed by atoms with Crippen molar-refractivity contribution < 1.29 is 19.3 Å². The molecule has 2 atom stereocenters. The van der Waals surface area contributed by atoms with Crippen LogP contribution in [0, 0.1) is 6.92 Å². The summed E-state index contributed by atoms with van der Waals surface area (Å²) in [6, 6.07) is 19.8. The zero-order valence-corrected chi connectivity index (χ0v) is 20.1. The standard InChI is InChI=1S/C27H35N3O4/c1-3-32-20-23(31)17-29(18-25-15-10-16-33-25)19-26-21(2)28-30(22-11-6-4-7-12-22)27(26)34-24-13-8-5-9-14-24/h4-9,11-14,23,25,31H,3,10,15-20H2,1-2H3. The lowest BCUT2D eigenvalue weighted by molar-refractivity contribution is 0.00498. The number of aryl methyl sites for hydroxylation is 1. The maximum absolute atomic E-state index is 10.6. The Kier molecular flexibility index (Phi) is 8.71. The number of hydrogen-bond acceptors (Lipinski definition) is 6. The molecule has 0 amide bonds. The molecule has 1 fully saturated rings. The van der Waals surface area contributed by atoms with Crippen molar-refractivity contribution in [2.24, 2.45) is 0 Å². The molecule has 182 valence electrons. The minimum Gasteiger partial charge on any atom is -0.439 e. The van der Waals surface area contributed by atoms with E-state index in [0.29, 0.717) is 32.2 Å². The largest absolute Gasteiger partial charge is 0.439 e. The molecule has 7 nitrogen and oxygen atoms in total. The van der Waals surface area contributed by atoms with E-state index >= 15 is 0 Å². The average Bonchev–Trinajstić information content (AvgIpc) is 3.47. The van der Waals surface area contributed by atoms with Gasteiger partial charge in [0.25, 0.3) is 0 Å². The number of hydrogen-bond donors (Lipinski definition) is 1. The summed E-state index contributed by atoms with van der Waals surface area (Å²) in [5.74, 6) is 1.44. The monoisotopic (exact) mass is 465 g/mol. The van der Waals surface area contributed by atoms with E-state index in [4.69, 9.17) is 19.3 Å². The highest BCUT2D eigenvalue weighted by Gasteiger charge is 2.26. The normalized spacial score (nSPS) is 16.8. The predicted molar refractivity (Wildman–Crippen MR) is 132 cm³/mol. The van der Waals surface area contributed by atoms with Crippen molar-refractivity contribution in [3.8, 4) is 17.3 Å². The van der Waals surface area contributed by atoms with Crippen LogP contribution in [0.25, 0.3) is 5.69 Å². The first-order valence-corrected chi connectivity index (χ1v) is 12.1. The molecule has 1 aromatic heterocycles. The van der Waals surface area contributed by atoms with Gasteiger partial charge in [-0.1, -0.05) is 36.4 Å². The van der Waals surface area contributed by atoms with Crippen LogP contribution in [0.2, 0.25) is 0 Å². The van der Waals surface area contributed by atoms with E-state index in [0.717, 1.165) is 48.7 Å². The van der Waals surface area contributed by atoms with Gasteiger partial charge in [0, 0.05) is 32.8 Å². The second kappa shape index (κ2) is 12.1. The van der Waals surface area contributed by atoms with Gasteiger partial charge in [-0.15, -0.1) is 0 Å². The molecule has 1 aliphatic heterocycles. The Labute approximate surface area is 201 Å². The minimum atomic E-state index is -0.579. The second-order valence-electron chi connectivity index (χ2n) is 8.67. The number of nitrogens with zero attached hydrogens (tertiary/aromatic N) is 3. The molecule has 0 spiro atoms. The number of benzene rings is 2. The Bertz CT molecular complexity index is 1000. The van der Waals surface area contributed by atoms with Crippen LogP contribution in [0.4, 0.5) is 0 Å². The summed E-state index contributed by atoms with van der Waals surface area (Å²) in [6.45, 7) is 7.45. The fourth-order valence-electron chi connectivity index (χ4n) is 4.28. The zero-order valence-electron chi connectivity index (χ0n) is 20.1. The van der Waals surface area contributed by atoms with Crippen LogP contribution >= 0.6 is 0 Å². The van der Waals surface area contributed by atoms with Gasteiger partial charge in [0.1, 0.15) is 5.75 Å². The molecule has 1 saturated heterocycles. The quantitative estimate of drug-likeness (QED) is 0.429. The van der Waals surface area contributed by atoms with Crippen molar-refractivity contribution >= 4 is 0 Å². The van der Waals surface area contributed by atoms with Crippen molar-refractivity contribution in [1.82, 2.24) is 14.7 Å². The van der Waals surface area contributed by atoms with Crippen molar-refractivity contribution in [1.29, 1.82) is 0 Å². The molecule has 0 saturated carbocycles. The highest BCUT2D eigenvalue weighted by Crippen LogP contribution is 2.32. The Morgan fingerprint density at radius 1 is 1.15 bits per heavy atom. The molecule has 0 radical (unpaired) electrons. The highest BCUT2D eigenvalue weighted by atomic mass is 16.5. The average molecular weight is 466 g/mol. The van der Waals surface area contributed by atoms with Crippen LogP contribution in [0.1, 0.15) is 31.0 Å². The number of aromatic nitrogens is 2. The van der Waals surface area contributed by atoms with Crippen LogP contribution in [-0.4, -0.2) is 64.9 Å². The van der Waals surface area contributed by atoms with Gasteiger partial charge in [-0.3, -0.25) is 4.90 Å². The number of aliphatic hydroxyl groups excluding tert-OH is 1. The smallest absolute Gasteiger partial charge is 0.227 e. The van der Waals surface area contributed by atoms with E-state index in [9.17, 15) is 5.11 Å². The van der Waals surface area contributed by atoms with Gasteiger partial charge < -0.3 is 19.3 Å². The molecule has 34 heavy (non-hydrogen) atoms. The third-order valence-corrected chi connectivity index (χ3v) is 5.95. The summed E-state index contributed by atoms with van der Waals surface area (Å²) in [4.78, 5) is 2.23. The topological polar surface area (TPSA) is 69.0 Å². The molecule has 1 N–H and O–H groups in total. The molecule has 2 unspecified atom stereocenters. The summed E-state index contributed by atoms with van der Waals surface area (Å²) >= 11 is 0. The lowest BCUT2D eigenvalue weighted by atomic mass is 10.1. The van der Waals surface area contributed by atoms with E-state index in [-0.39, 0.29) is 6.10 Å². The van der Waals surface area contributed by atoms with Crippen molar-refractivity contribution in [3.05, 3.63) is 71.9 Å². The summed E-state index contributed by atoms with van der Waals surface area (Å²) in [6.07, 6.45) is 1.70. The minimum absolute atomic E-state index is 0.169. The summed E-state index contributed by atoms with van der Waals surface area (Å²) < 4.78 is 19.6. The van der Waals surface area contributed by atoms with Gasteiger partial charge in [-0.25, -0.2) is 4.68 Å². The first kappa shape index (κ1) is 24.4. The van der Waals surface area contributed by atoms with Crippen LogP contribution in [-0.2, 0) is 16.0 Å². The van der Waals surface area contributed by atoms with Crippen molar-refractivity contribution in [3.63, 3.8) is 0 Å². The number of para-hydroxylation sites is 2. The van der Waals surface area contributed by atoms with Gasteiger partial charge in [-0.2, -0.15) is 5.10 Å². The van der Waals surface area contributed by atoms with Gasteiger partial charge in [0.2, 0.25) is 5.88 Å². The first-order valence-electron chi connectivity index (χ1n) is 12.1. The molecule has 4 rings (SSSR count). The van der Waals surface area contributed by atoms with Crippen LogP contribution in [0.3, 0.4) is 0 Å². The molecule has 2 aromatic carbocycles. The third kappa shape index (κ3) is 6.45. The Balaban J connectivity index is 1.64. The van der Waals surface area contributed by atoms with E-state index in [1.54, 1.807) is 0 Å². The fraction of sp³-hybridized carbons (Fsp3) is 0.444. The van der Waals surface area contributed by atoms with E-state index in [1.165, 1.54) is 0 Å². The van der Waals surface area contributed by atoms with Gasteiger partial charge in [0.15, 0.2) is 0 Å². The van der Waals surface area contributed by atoms with Crippen molar-refractivity contribution in [2.75, 3.05) is 32.9 Å². The molecular weight excluding hydrogens is 430 g/mol. The van der Waals surface area contributed by atoms with Gasteiger partial charge in [0.05, 0.1) is 35.8 Å². The molecular formula is C27H35N3O4. The second-order valence-corrected chi connectivity index (χ2v) is 8.67. The van der Waals surface area contributed by atoms with E-state index < -0.39 is 6.10 Å². The number of ether oxygens (including phenoxy) is 3. The molecule has 2 heterocycles. The maximum Gasteiger partial charge on any atom is 0.227 e. The van der Waals surface area contributed by atoms with Crippen LogP contribution in [0.5, 0.6) is 11.6 Å². The van der Waals surface area contributed by atoms with Crippen LogP contribution in [0.15, 0.2) is 60.7 Å². The summed E-state index contributed by atoms with van der Waals surface area (Å²) in [5, 5.41) is 15.4. The summed E-state index contributed by atoms with van der Waals surface area (Å²) in [7, 11) is 0. The predicted octanol–water partition coefficient (Wildman–Crippen LogP) is 4.35. The molecule has 0 bridgehead atoms.